The van der Waals surface area contributed by atoms with Crippen molar-refractivity contribution in [2.24, 2.45) is 0 Å². The van der Waals surface area contributed by atoms with Gasteiger partial charge >= 0.3 is 0 Å². The van der Waals surface area contributed by atoms with Crippen LogP contribution in [0, 0.1) is 0 Å². The third-order valence-electron chi connectivity index (χ3n) is 2.26. The molecule has 18 heavy (non-hydrogen) atoms. The second-order valence-corrected chi connectivity index (χ2v) is 4.73. The Balaban J connectivity index is 1.99. The maximum atomic E-state index is 5.82. The lowest BCUT2D eigenvalue weighted by atomic mass is 10.3. The summed E-state index contributed by atoms with van der Waals surface area (Å²) in [6, 6.07) is 7.51. The fourth-order valence-corrected chi connectivity index (χ4v) is 2.35. The minimum absolute atomic E-state index is 0.226. The van der Waals surface area contributed by atoms with Gasteiger partial charge in [0.15, 0.2) is 10.7 Å². The van der Waals surface area contributed by atoms with E-state index < -0.39 is 0 Å². The molecule has 1 aromatic carbocycles. The van der Waals surface area contributed by atoms with Gasteiger partial charge in [-0.05, 0) is 23.9 Å². The maximum Gasteiger partial charge on any atom is 0.263 e. The number of oxazole rings is 1. The summed E-state index contributed by atoms with van der Waals surface area (Å²) in [5.74, 6) is 0. The molecule has 0 fully saturated rings. The molecule has 0 aliphatic heterocycles. The first-order valence-electron chi connectivity index (χ1n) is 5.03. The summed E-state index contributed by atoms with van der Waals surface area (Å²) in [7, 11) is 0. The molecule has 0 aliphatic carbocycles. The van der Waals surface area contributed by atoms with E-state index in [1.165, 1.54) is 18.1 Å². The van der Waals surface area contributed by atoms with Crippen LogP contribution >= 0.6 is 23.4 Å². The first-order chi connectivity index (χ1) is 8.74. The predicted molar refractivity (Wildman–Crippen MR) is 69.6 cm³/mol. The number of halogens is 1. The van der Waals surface area contributed by atoms with Crippen molar-refractivity contribution < 1.29 is 4.42 Å². The van der Waals surface area contributed by atoms with E-state index in [1.807, 2.05) is 24.3 Å². The lowest BCUT2D eigenvalue weighted by Crippen LogP contribution is -1.94. The highest BCUT2D eigenvalue weighted by atomic mass is 35.5. The monoisotopic (exact) mass is 278 g/mol. The van der Waals surface area contributed by atoms with Crippen LogP contribution in [0.15, 0.2) is 45.3 Å². The van der Waals surface area contributed by atoms with Crippen molar-refractivity contribution in [1.82, 2.24) is 15.0 Å². The van der Waals surface area contributed by atoms with Crippen LogP contribution in [0.4, 0.5) is 5.69 Å². The Kier molecular flexibility index (Phi) is 2.81. The van der Waals surface area contributed by atoms with Crippen molar-refractivity contribution in [1.29, 1.82) is 0 Å². The fourth-order valence-electron chi connectivity index (χ4n) is 1.42. The van der Waals surface area contributed by atoms with Gasteiger partial charge in [0.1, 0.15) is 22.6 Å². The molecule has 0 saturated carbocycles. The minimum Gasteiger partial charge on any atom is -0.431 e. The normalized spacial score (nSPS) is 10.9. The van der Waals surface area contributed by atoms with E-state index in [0.29, 0.717) is 15.9 Å². The Morgan fingerprint density at radius 2 is 2.06 bits per heavy atom. The summed E-state index contributed by atoms with van der Waals surface area (Å²) in [5, 5.41) is 1.22. The summed E-state index contributed by atoms with van der Waals surface area (Å²) in [6.07, 6.45) is 1.35. The zero-order valence-corrected chi connectivity index (χ0v) is 10.6. The predicted octanol–water partition coefficient (Wildman–Crippen LogP) is 3.00. The molecule has 0 bridgehead atoms. The third kappa shape index (κ3) is 2.00. The molecule has 0 saturated heterocycles. The summed E-state index contributed by atoms with van der Waals surface area (Å²) in [6.45, 7) is 0. The number of benzene rings is 1. The zero-order chi connectivity index (χ0) is 12.5. The molecule has 2 N–H and O–H groups in total. The Labute approximate surface area is 111 Å². The summed E-state index contributed by atoms with van der Waals surface area (Å²) >= 11 is 7.03. The van der Waals surface area contributed by atoms with Gasteiger partial charge in [-0.3, -0.25) is 0 Å². The summed E-state index contributed by atoms with van der Waals surface area (Å²) in [4.78, 5) is 12.2. The van der Waals surface area contributed by atoms with Gasteiger partial charge in [0.25, 0.3) is 5.22 Å². The number of hydrogen-bond donors (Lipinski definition) is 1. The Bertz CT molecular complexity index is 682. The van der Waals surface area contributed by atoms with Crippen LogP contribution in [0.3, 0.4) is 0 Å². The van der Waals surface area contributed by atoms with Crippen LogP contribution in [-0.2, 0) is 0 Å². The van der Waals surface area contributed by atoms with Crippen molar-refractivity contribution in [3.8, 4) is 0 Å². The smallest absolute Gasteiger partial charge is 0.263 e. The van der Waals surface area contributed by atoms with Gasteiger partial charge < -0.3 is 10.2 Å². The van der Waals surface area contributed by atoms with Gasteiger partial charge in [0, 0.05) is 0 Å². The highest BCUT2D eigenvalue weighted by Gasteiger charge is 2.12. The van der Waals surface area contributed by atoms with Crippen LogP contribution in [-0.4, -0.2) is 15.0 Å². The van der Waals surface area contributed by atoms with Crippen molar-refractivity contribution >= 4 is 40.1 Å². The molecule has 2 aromatic heterocycles. The maximum absolute atomic E-state index is 5.82. The van der Waals surface area contributed by atoms with Crippen molar-refractivity contribution in [3.05, 3.63) is 35.7 Å². The second kappa shape index (κ2) is 4.47. The lowest BCUT2D eigenvalue weighted by Gasteiger charge is -2.01. The molecule has 2 heterocycles. The molecule has 0 radical (unpaired) electrons. The number of fused-ring (bicyclic) bond motifs is 1. The highest BCUT2D eigenvalue weighted by Crippen LogP contribution is 2.33. The van der Waals surface area contributed by atoms with E-state index in [9.17, 15) is 0 Å². The number of para-hydroxylation sites is 2. The molecule has 5 nitrogen and oxygen atoms in total. The summed E-state index contributed by atoms with van der Waals surface area (Å²) < 4.78 is 5.56. The Morgan fingerprint density at radius 3 is 2.89 bits per heavy atom. The van der Waals surface area contributed by atoms with Crippen molar-refractivity contribution in [3.63, 3.8) is 0 Å². The van der Waals surface area contributed by atoms with E-state index in [2.05, 4.69) is 15.0 Å². The van der Waals surface area contributed by atoms with Crippen molar-refractivity contribution in [2.75, 3.05) is 5.73 Å². The highest BCUT2D eigenvalue weighted by molar-refractivity contribution is 7.99. The average Bonchev–Trinajstić information content (AvgIpc) is 2.77. The molecular weight excluding hydrogens is 272 g/mol. The van der Waals surface area contributed by atoms with Crippen LogP contribution in [0.25, 0.3) is 11.1 Å². The van der Waals surface area contributed by atoms with E-state index in [1.54, 1.807) is 0 Å². The number of rotatable bonds is 2. The Morgan fingerprint density at radius 1 is 1.22 bits per heavy atom. The van der Waals surface area contributed by atoms with E-state index in [4.69, 9.17) is 21.8 Å². The van der Waals surface area contributed by atoms with Crippen LogP contribution < -0.4 is 5.73 Å². The van der Waals surface area contributed by atoms with Crippen LogP contribution in [0.5, 0.6) is 0 Å². The number of nitrogen functional groups attached to an aromatic ring is 1. The quantitative estimate of drug-likeness (QED) is 0.726. The van der Waals surface area contributed by atoms with Gasteiger partial charge in [-0.15, -0.1) is 0 Å². The molecule has 0 amide bonds. The molecule has 0 atom stereocenters. The molecule has 0 spiro atoms. The number of hydrogen-bond acceptors (Lipinski definition) is 6. The second-order valence-electron chi connectivity index (χ2n) is 3.43. The Hall–Kier alpha value is -1.79. The topological polar surface area (TPSA) is 77.8 Å². The van der Waals surface area contributed by atoms with Gasteiger partial charge in [-0.2, -0.15) is 0 Å². The van der Waals surface area contributed by atoms with Gasteiger partial charge in [0.05, 0.1) is 0 Å². The number of anilines is 1. The molecule has 90 valence electrons. The van der Waals surface area contributed by atoms with Gasteiger partial charge in [-0.1, -0.05) is 23.7 Å². The molecule has 3 aromatic rings. The van der Waals surface area contributed by atoms with Gasteiger partial charge in [0.2, 0.25) is 0 Å². The SMILES string of the molecule is Nc1c(Cl)ncnc1Sc1nc2ccccc2o1. The number of aromatic nitrogens is 3. The van der Waals surface area contributed by atoms with E-state index in [-0.39, 0.29) is 5.15 Å². The molecule has 0 aliphatic rings. The standard InChI is InChI=1S/C11H7ClN4OS/c12-9-8(13)10(15-5-14-9)18-11-16-6-3-1-2-4-7(6)17-11/h1-5H,13H2. The minimum atomic E-state index is 0.226. The van der Waals surface area contributed by atoms with Crippen LogP contribution in [0.1, 0.15) is 0 Å². The van der Waals surface area contributed by atoms with E-state index >= 15 is 0 Å². The molecular formula is C11H7ClN4OS. The largest absolute Gasteiger partial charge is 0.431 e. The fraction of sp³-hybridized carbons (Fsp3) is 0. The lowest BCUT2D eigenvalue weighted by molar-refractivity contribution is 0.489. The number of nitrogens with two attached hydrogens (primary N) is 1. The van der Waals surface area contributed by atoms with E-state index in [0.717, 1.165) is 11.1 Å². The van der Waals surface area contributed by atoms with Crippen LogP contribution in [0.2, 0.25) is 5.15 Å². The zero-order valence-electron chi connectivity index (χ0n) is 9.00. The molecule has 0 unspecified atom stereocenters. The first kappa shape index (κ1) is 11.3. The summed E-state index contributed by atoms with van der Waals surface area (Å²) in [5.41, 5.74) is 7.61. The molecule has 3 rings (SSSR count). The van der Waals surface area contributed by atoms with Crippen molar-refractivity contribution in [2.45, 2.75) is 10.2 Å². The number of nitrogens with zero attached hydrogens (tertiary/aromatic N) is 3. The molecule has 7 heteroatoms. The third-order valence-corrected chi connectivity index (χ3v) is 3.43. The van der Waals surface area contributed by atoms with Gasteiger partial charge in [-0.25, -0.2) is 15.0 Å². The first-order valence-corrected chi connectivity index (χ1v) is 6.23. The average molecular weight is 279 g/mol.